The molecule has 2 heterocycles. The van der Waals surface area contributed by atoms with Crippen molar-refractivity contribution in [3.63, 3.8) is 0 Å². The summed E-state index contributed by atoms with van der Waals surface area (Å²) in [5.41, 5.74) is 1.19. The van der Waals surface area contributed by atoms with Crippen molar-refractivity contribution < 1.29 is 14.3 Å². The molecule has 25 heavy (non-hydrogen) atoms. The maximum Gasteiger partial charge on any atom is 0.297 e. The van der Waals surface area contributed by atoms with E-state index in [1.54, 1.807) is 18.2 Å². The summed E-state index contributed by atoms with van der Waals surface area (Å²) in [6.45, 7) is -0.214. The Morgan fingerprint density at radius 1 is 1.20 bits per heavy atom. The number of para-hydroxylation sites is 1. The maximum atomic E-state index is 12.5. The van der Waals surface area contributed by atoms with Gasteiger partial charge < -0.3 is 14.8 Å². The third-order valence-corrected chi connectivity index (χ3v) is 3.79. The van der Waals surface area contributed by atoms with Gasteiger partial charge >= 0.3 is 0 Å². The number of hydrogen-bond donors (Lipinski definition) is 2. The molecular weight excluding hydrogens is 322 g/mol. The van der Waals surface area contributed by atoms with Crippen molar-refractivity contribution in [2.75, 3.05) is 5.32 Å². The molecular formula is C18H13N3O4. The molecule has 0 saturated heterocycles. The van der Waals surface area contributed by atoms with Crippen LogP contribution in [0.3, 0.4) is 0 Å². The van der Waals surface area contributed by atoms with Gasteiger partial charge in [0, 0.05) is 17.1 Å². The molecule has 2 N–H and O–H groups in total. The summed E-state index contributed by atoms with van der Waals surface area (Å²) < 4.78 is 6.76. The molecule has 0 radical (unpaired) electrons. The molecule has 7 heteroatoms. The van der Waals surface area contributed by atoms with E-state index in [0.29, 0.717) is 16.8 Å². The summed E-state index contributed by atoms with van der Waals surface area (Å²) in [5.74, 6) is -0.370. The first-order chi connectivity index (χ1) is 12.1. The summed E-state index contributed by atoms with van der Waals surface area (Å²) >= 11 is 0. The molecule has 0 aliphatic heterocycles. The smallest absolute Gasteiger partial charge is 0.297 e. The van der Waals surface area contributed by atoms with Gasteiger partial charge in [0.05, 0.1) is 6.33 Å². The van der Waals surface area contributed by atoms with E-state index in [-0.39, 0.29) is 17.9 Å². The summed E-state index contributed by atoms with van der Waals surface area (Å²) in [4.78, 5) is 28.9. The third kappa shape index (κ3) is 2.72. The highest BCUT2D eigenvalue weighted by molar-refractivity contribution is 6.01. The van der Waals surface area contributed by atoms with E-state index in [9.17, 15) is 14.7 Å². The first-order valence-corrected chi connectivity index (χ1v) is 7.57. The van der Waals surface area contributed by atoms with Gasteiger partial charge in [-0.1, -0.05) is 18.2 Å². The fourth-order valence-electron chi connectivity index (χ4n) is 2.67. The molecule has 0 saturated carbocycles. The van der Waals surface area contributed by atoms with Crippen LogP contribution in [0.2, 0.25) is 0 Å². The van der Waals surface area contributed by atoms with Crippen molar-refractivity contribution in [2.45, 2.75) is 6.54 Å². The third-order valence-electron chi connectivity index (χ3n) is 3.79. The van der Waals surface area contributed by atoms with Gasteiger partial charge in [-0.15, -0.1) is 0 Å². The minimum Gasteiger partial charge on any atom is -0.508 e. The Kier molecular flexibility index (Phi) is 3.46. The fraction of sp³-hybridized carbons (Fsp3) is 0.0556. The number of carbonyl (C=O) groups is 1. The van der Waals surface area contributed by atoms with Gasteiger partial charge in [0.25, 0.3) is 5.56 Å². The highest BCUT2D eigenvalue weighted by Crippen LogP contribution is 2.24. The molecule has 1 amide bonds. The zero-order chi connectivity index (χ0) is 17.4. The number of hydrogen-bond acceptors (Lipinski definition) is 5. The molecule has 0 bridgehead atoms. The second kappa shape index (κ2) is 5.79. The van der Waals surface area contributed by atoms with Gasteiger partial charge in [-0.3, -0.25) is 14.2 Å². The molecule has 124 valence electrons. The molecule has 0 atom stereocenters. The minimum absolute atomic E-state index is 0.0420. The van der Waals surface area contributed by atoms with Crippen LogP contribution in [0.15, 0.2) is 64.1 Å². The van der Waals surface area contributed by atoms with Gasteiger partial charge in [0.15, 0.2) is 0 Å². The lowest BCUT2D eigenvalue weighted by Crippen LogP contribution is -2.27. The van der Waals surface area contributed by atoms with Crippen LogP contribution in [0.1, 0.15) is 0 Å². The average molecular weight is 335 g/mol. The number of rotatable bonds is 3. The van der Waals surface area contributed by atoms with Crippen LogP contribution in [0, 0.1) is 0 Å². The predicted molar refractivity (Wildman–Crippen MR) is 92.5 cm³/mol. The molecule has 0 aliphatic rings. The normalized spacial score (nSPS) is 11.0. The van der Waals surface area contributed by atoms with Crippen molar-refractivity contribution in [3.05, 3.63) is 65.2 Å². The number of benzene rings is 2. The molecule has 4 aromatic rings. The summed E-state index contributed by atoms with van der Waals surface area (Å²) in [5, 5.41) is 12.8. The second-order valence-corrected chi connectivity index (χ2v) is 5.55. The van der Waals surface area contributed by atoms with Gasteiger partial charge in [0.1, 0.15) is 23.4 Å². The predicted octanol–water partition coefficient (Wildman–Crippen LogP) is 2.49. The molecule has 4 rings (SSSR count). The number of carbonyl (C=O) groups excluding carboxylic acids is 1. The van der Waals surface area contributed by atoms with Gasteiger partial charge in [-0.25, -0.2) is 4.98 Å². The number of phenolic OH excluding ortho intramolecular Hbond substituents is 1. The zero-order valence-corrected chi connectivity index (χ0v) is 13.0. The topological polar surface area (TPSA) is 97.4 Å². The lowest BCUT2D eigenvalue weighted by atomic mass is 10.2. The number of fused-ring (bicyclic) bond motifs is 3. The minimum atomic E-state index is -0.424. The van der Waals surface area contributed by atoms with Crippen molar-refractivity contribution in [1.82, 2.24) is 9.55 Å². The highest BCUT2D eigenvalue weighted by Gasteiger charge is 2.14. The lowest BCUT2D eigenvalue weighted by molar-refractivity contribution is -0.116. The van der Waals surface area contributed by atoms with E-state index in [2.05, 4.69) is 10.3 Å². The fourth-order valence-corrected chi connectivity index (χ4v) is 2.67. The Hall–Kier alpha value is -3.61. The molecule has 0 unspecified atom stereocenters. The molecule has 2 aromatic carbocycles. The SMILES string of the molecule is O=C(Cn1cnc2c(oc3ccccc32)c1=O)Nc1cccc(O)c1. The van der Waals surface area contributed by atoms with Crippen molar-refractivity contribution in [2.24, 2.45) is 0 Å². The average Bonchev–Trinajstić information content (AvgIpc) is 2.97. The Morgan fingerprint density at radius 2 is 2.04 bits per heavy atom. The maximum absolute atomic E-state index is 12.5. The number of anilines is 1. The van der Waals surface area contributed by atoms with Gasteiger partial charge in [-0.2, -0.15) is 0 Å². The number of nitrogens with one attached hydrogen (secondary N) is 1. The van der Waals surface area contributed by atoms with Crippen LogP contribution in [-0.2, 0) is 11.3 Å². The zero-order valence-electron chi connectivity index (χ0n) is 13.0. The molecule has 2 aromatic heterocycles. The van der Waals surface area contributed by atoms with E-state index in [1.165, 1.54) is 23.0 Å². The monoisotopic (exact) mass is 335 g/mol. The number of phenols is 1. The Morgan fingerprint density at radius 3 is 2.88 bits per heavy atom. The second-order valence-electron chi connectivity index (χ2n) is 5.55. The van der Waals surface area contributed by atoms with Crippen molar-refractivity contribution in [1.29, 1.82) is 0 Å². The van der Waals surface area contributed by atoms with Crippen LogP contribution in [0.5, 0.6) is 5.75 Å². The van der Waals surface area contributed by atoms with Crippen LogP contribution >= 0.6 is 0 Å². The van der Waals surface area contributed by atoms with E-state index in [4.69, 9.17) is 4.42 Å². The van der Waals surface area contributed by atoms with Crippen molar-refractivity contribution >= 4 is 33.7 Å². The van der Waals surface area contributed by atoms with E-state index >= 15 is 0 Å². The molecule has 7 nitrogen and oxygen atoms in total. The Bertz CT molecular complexity index is 1160. The Labute approximate surface area is 141 Å². The van der Waals surface area contributed by atoms with E-state index in [0.717, 1.165) is 5.39 Å². The number of amides is 1. The van der Waals surface area contributed by atoms with Crippen molar-refractivity contribution in [3.8, 4) is 5.75 Å². The number of aromatic hydroxyl groups is 1. The van der Waals surface area contributed by atoms with Crippen LogP contribution in [0.4, 0.5) is 5.69 Å². The van der Waals surface area contributed by atoms with Gasteiger partial charge in [-0.05, 0) is 24.3 Å². The Balaban J connectivity index is 1.65. The van der Waals surface area contributed by atoms with E-state index < -0.39 is 11.5 Å². The van der Waals surface area contributed by atoms with E-state index in [1.807, 2.05) is 18.2 Å². The summed E-state index contributed by atoms with van der Waals surface area (Å²) in [6, 6.07) is 13.4. The first-order valence-electron chi connectivity index (χ1n) is 7.57. The molecule has 0 aliphatic carbocycles. The van der Waals surface area contributed by atoms with Crippen LogP contribution in [0.25, 0.3) is 22.1 Å². The molecule has 0 fully saturated rings. The standard InChI is InChI=1S/C18H13N3O4/c22-12-5-3-4-11(8-12)20-15(23)9-21-10-19-16-13-6-1-2-7-14(13)25-17(16)18(21)24/h1-8,10,22H,9H2,(H,20,23). The quantitative estimate of drug-likeness (QED) is 0.599. The number of aromatic nitrogens is 2. The van der Waals surface area contributed by atoms with Gasteiger partial charge in [0.2, 0.25) is 11.5 Å². The lowest BCUT2D eigenvalue weighted by Gasteiger charge is -2.07. The molecule has 0 spiro atoms. The largest absolute Gasteiger partial charge is 0.508 e. The first kappa shape index (κ1) is 14.9. The highest BCUT2D eigenvalue weighted by atomic mass is 16.3. The number of nitrogens with zero attached hydrogens (tertiary/aromatic N) is 2. The number of furan rings is 1. The van der Waals surface area contributed by atoms with Crippen LogP contribution in [-0.4, -0.2) is 20.6 Å². The summed E-state index contributed by atoms with van der Waals surface area (Å²) in [6.07, 6.45) is 1.33. The van der Waals surface area contributed by atoms with Crippen LogP contribution < -0.4 is 10.9 Å². The summed E-state index contributed by atoms with van der Waals surface area (Å²) in [7, 11) is 0.